The summed E-state index contributed by atoms with van der Waals surface area (Å²) in [6.45, 7) is 4.88. The number of benzene rings is 2. The lowest BCUT2D eigenvalue weighted by Crippen LogP contribution is -2.37. The van der Waals surface area contributed by atoms with Crippen molar-refractivity contribution < 1.29 is 27.5 Å². The van der Waals surface area contributed by atoms with Crippen LogP contribution in [0.25, 0.3) is 10.8 Å². The summed E-state index contributed by atoms with van der Waals surface area (Å²) in [6, 6.07) is 12.9. The van der Waals surface area contributed by atoms with Crippen LogP contribution >= 0.6 is 0 Å². The largest absolute Gasteiger partial charge is 0.465 e. The van der Waals surface area contributed by atoms with E-state index in [4.69, 9.17) is 9.47 Å². The van der Waals surface area contributed by atoms with Crippen molar-refractivity contribution in [3.05, 3.63) is 72.1 Å². The lowest BCUT2D eigenvalue weighted by Gasteiger charge is -2.23. The number of nitrogens with one attached hydrogen (secondary N) is 2. The fourth-order valence-electron chi connectivity index (χ4n) is 3.23. The molecule has 0 radical (unpaired) electrons. The molecule has 0 aliphatic heterocycles. The molecule has 10 heteroatoms. The average Bonchev–Trinajstić information content (AvgIpc) is 2.77. The van der Waals surface area contributed by atoms with E-state index in [1.54, 1.807) is 57.4 Å². The van der Waals surface area contributed by atoms with Crippen LogP contribution in [0.4, 0.5) is 10.5 Å². The highest BCUT2D eigenvalue weighted by Crippen LogP contribution is 2.27. The first-order valence-electron chi connectivity index (χ1n) is 10.5. The maximum atomic E-state index is 13.4. The molecule has 1 heterocycles. The molecular formula is C24H27N3O6S. The van der Waals surface area contributed by atoms with Crippen molar-refractivity contribution in [2.75, 3.05) is 18.4 Å². The molecule has 3 rings (SSSR count). The second-order valence-electron chi connectivity index (χ2n) is 8.57. The Morgan fingerprint density at radius 3 is 2.38 bits per heavy atom. The Morgan fingerprint density at radius 2 is 1.74 bits per heavy atom. The molecular weight excluding hydrogens is 458 g/mol. The first-order valence-corrected chi connectivity index (χ1v) is 12.0. The lowest BCUT2D eigenvalue weighted by molar-refractivity contribution is 0.0526. The van der Waals surface area contributed by atoms with Crippen molar-refractivity contribution in [1.82, 2.24) is 10.3 Å². The van der Waals surface area contributed by atoms with E-state index in [9.17, 15) is 18.0 Å². The molecule has 9 nitrogen and oxygen atoms in total. The fraction of sp³-hybridized carbons (Fsp3) is 0.292. The maximum Gasteiger partial charge on any atom is 0.407 e. The molecule has 0 spiro atoms. The number of hydrogen-bond acceptors (Lipinski definition) is 7. The van der Waals surface area contributed by atoms with Crippen LogP contribution in [-0.4, -0.2) is 44.7 Å². The van der Waals surface area contributed by atoms with Crippen molar-refractivity contribution in [2.24, 2.45) is 0 Å². The highest BCUT2D eigenvalue weighted by Gasteiger charge is 2.29. The van der Waals surface area contributed by atoms with Gasteiger partial charge in [0.25, 0.3) is 0 Å². The monoisotopic (exact) mass is 485 g/mol. The number of fused-ring (bicyclic) bond motifs is 1. The Morgan fingerprint density at radius 1 is 1.03 bits per heavy atom. The molecule has 0 aliphatic rings. The van der Waals surface area contributed by atoms with Gasteiger partial charge in [-0.1, -0.05) is 18.2 Å². The molecule has 0 aliphatic carbocycles. The first kappa shape index (κ1) is 25.0. The van der Waals surface area contributed by atoms with E-state index >= 15 is 0 Å². The number of esters is 1. The van der Waals surface area contributed by atoms with Crippen molar-refractivity contribution in [3.8, 4) is 0 Å². The highest BCUT2D eigenvalue weighted by molar-refractivity contribution is 7.93. The Hall–Kier alpha value is -3.66. The highest BCUT2D eigenvalue weighted by atomic mass is 32.2. The van der Waals surface area contributed by atoms with Crippen LogP contribution in [0.2, 0.25) is 0 Å². The molecule has 2 N–H and O–H groups in total. The van der Waals surface area contributed by atoms with Crippen LogP contribution in [0.3, 0.4) is 0 Å². The number of methoxy groups -OCH3 is 1. The van der Waals surface area contributed by atoms with E-state index in [2.05, 4.69) is 15.0 Å². The van der Waals surface area contributed by atoms with Gasteiger partial charge in [-0.2, -0.15) is 0 Å². The van der Waals surface area contributed by atoms with Gasteiger partial charge in [0.15, 0.2) is 0 Å². The predicted molar refractivity (Wildman–Crippen MR) is 129 cm³/mol. The van der Waals surface area contributed by atoms with Crippen molar-refractivity contribution in [2.45, 2.75) is 31.6 Å². The summed E-state index contributed by atoms with van der Waals surface area (Å²) in [5.41, 5.74) is 0.283. The third kappa shape index (κ3) is 6.44. The van der Waals surface area contributed by atoms with E-state index in [1.165, 1.54) is 31.4 Å². The number of pyridine rings is 1. The summed E-state index contributed by atoms with van der Waals surface area (Å²) >= 11 is 0. The summed E-state index contributed by atoms with van der Waals surface area (Å²) in [5.74, 6) is -0.540. The fourth-order valence-corrected chi connectivity index (χ4v) is 4.65. The average molecular weight is 486 g/mol. The molecule has 2 aromatic carbocycles. The predicted octanol–water partition coefficient (Wildman–Crippen LogP) is 4.03. The number of nitrogens with zero attached hydrogens (tertiary/aromatic N) is 1. The number of carbonyl (C=O) groups is 2. The van der Waals surface area contributed by atoms with Gasteiger partial charge >= 0.3 is 12.1 Å². The zero-order chi connectivity index (χ0) is 24.9. The molecule has 0 bridgehead atoms. The quantitative estimate of drug-likeness (QED) is 0.484. The lowest BCUT2D eigenvalue weighted by atomic mass is 10.1. The standard InChI is InChI=1S/C24H27N3O6S/c1-24(2,3)33-23(29)26-15-21(16-5-7-17(8-6-16)22(28)32-4)34(30,31)27-20-10-9-19-14-25-12-11-18(19)13-20/h5-14,21,27H,15H2,1-4H3,(H,26,29). The Kier molecular flexibility index (Phi) is 7.41. The van der Waals surface area contributed by atoms with E-state index < -0.39 is 32.9 Å². The second kappa shape index (κ2) is 10.1. The molecule has 1 aromatic heterocycles. The van der Waals surface area contributed by atoms with Crippen LogP contribution in [0.1, 0.15) is 41.9 Å². The van der Waals surface area contributed by atoms with Gasteiger partial charge in [0, 0.05) is 30.0 Å². The number of sulfonamides is 1. The van der Waals surface area contributed by atoms with Crippen molar-refractivity contribution in [1.29, 1.82) is 0 Å². The van der Waals surface area contributed by atoms with E-state index in [-0.39, 0.29) is 12.1 Å². The van der Waals surface area contributed by atoms with Gasteiger partial charge in [-0.3, -0.25) is 9.71 Å². The topological polar surface area (TPSA) is 124 Å². The smallest absolute Gasteiger partial charge is 0.407 e. The summed E-state index contributed by atoms with van der Waals surface area (Å²) in [4.78, 5) is 28.0. The van der Waals surface area contributed by atoms with E-state index in [0.29, 0.717) is 11.3 Å². The molecule has 1 amide bonds. The number of rotatable bonds is 7. The van der Waals surface area contributed by atoms with E-state index in [0.717, 1.165) is 10.8 Å². The third-order valence-corrected chi connectivity index (χ3v) is 6.52. The zero-order valence-corrected chi connectivity index (χ0v) is 20.2. The van der Waals surface area contributed by atoms with Crippen LogP contribution in [-0.2, 0) is 19.5 Å². The van der Waals surface area contributed by atoms with Crippen LogP contribution < -0.4 is 10.0 Å². The van der Waals surface area contributed by atoms with Gasteiger partial charge in [0.05, 0.1) is 12.7 Å². The van der Waals surface area contributed by atoms with Gasteiger partial charge in [0.1, 0.15) is 10.9 Å². The second-order valence-corrected chi connectivity index (χ2v) is 10.4. The van der Waals surface area contributed by atoms with Crippen molar-refractivity contribution in [3.63, 3.8) is 0 Å². The van der Waals surface area contributed by atoms with Crippen molar-refractivity contribution >= 4 is 38.5 Å². The Bertz CT molecular complexity index is 1280. The maximum absolute atomic E-state index is 13.4. The molecule has 1 unspecified atom stereocenters. The number of ether oxygens (including phenoxy) is 2. The first-order chi connectivity index (χ1) is 16.0. The molecule has 34 heavy (non-hydrogen) atoms. The SMILES string of the molecule is COC(=O)c1ccc(C(CNC(=O)OC(C)(C)C)S(=O)(=O)Nc2ccc3cnccc3c2)cc1. The van der Waals surface area contributed by atoms with E-state index in [1.807, 2.05) is 0 Å². The normalized spacial score (nSPS) is 12.6. The van der Waals surface area contributed by atoms with Crippen LogP contribution in [0.5, 0.6) is 0 Å². The number of carbonyl (C=O) groups excluding carboxylic acids is 2. The van der Waals surface area contributed by atoms with Gasteiger partial charge < -0.3 is 14.8 Å². The summed E-state index contributed by atoms with van der Waals surface area (Å²) in [7, 11) is -2.77. The summed E-state index contributed by atoms with van der Waals surface area (Å²) in [6.07, 6.45) is 2.57. The minimum atomic E-state index is -4.03. The van der Waals surface area contributed by atoms with Crippen LogP contribution in [0, 0.1) is 0 Å². The molecule has 0 saturated carbocycles. The zero-order valence-electron chi connectivity index (χ0n) is 19.4. The molecule has 0 saturated heterocycles. The minimum absolute atomic E-state index is 0.251. The molecule has 1 atom stereocenters. The number of alkyl carbamates (subject to hydrolysis) is 1. The molecule has 180 valence electrons. The third-order valence-electron chi connectivity index (χ3n) is 4.81. The Balaban J connectivity index is 1.89. The number of aromatic nitrogens is 1. The summed E-state index contributed by atoms with van der Waals surface area (Å²) < 4.78 is 39.3. The van der Waals surface area contributed by atoms with Gasteiger partial charge in [-0.15, -0.1) is 0 Å². The number of anilines is 1. The summed E-state index contributed by atoms with van der Waals surface area (Å²) in [5, 5.41) is 3.05. The minimum Gasteiger partial charge on any atom is -0.465 e. The van der Waals surface area contributed by atoms with Gasteiger partial charge in [-0.25, -0.2) is 18.0 Å². The molecule has 0 fully saturated rings. The number of hydrogen-bond donors (Lipinski definition) is 2. The van der Waals surface area contributed by atoms with Crippen LogP contribution in [0.15, 0.2) is 60.9 Å². The van der Waals surface area contributed by atoms with Gasteiger partial charge in [-0.05, 0) is 62.1 Å². The number of amides is 1. The molecule has 3 aromatic rings. The van der Waals surface area contributed by atoms with Gasteiger partial charge in [0.2, 0.25) is 10.0 Å². The Labute approximate surface area is 198 Å².